The highest BCUT2D eigenvalue weighted by Gasteiger charge is 2.14. The maximum Gasteiger partial charge on any atom is 0.132 e. The molecule has 0 saturated carbocycles. The summed E-state index contributed by atoms with van der Waals surface area (Å²) in [6, 6.07) is 2.04. The van der Waals surface area contributed by atoms with Crippen LogP contribution in [0.15, 0.2) is 27.9 Å². The van der Waals surface area contributed by atoms with Crippen molar-refractivity contribution in [3.8, 4) is 0 Å². The third-order valence-corrected chi connectivity index (χ3v) is 2.46. The molecule has 1 aliphatic heterocycles. The molecule has 0 fully saturated rings. The fourth-order valence-electron chi connectivity index (χ4n) is 1.38. The number of hydrogen-bond donors (Lipinski definition) is 0. The van der Waals surface area contributed by atoms with Gasteiger partial charge >= 0.3 is 0 Å². The molecule has 0 radical (unpaired) electrons. The van der Waals surface area contributed by atoms with Crippen LogP contribution >= 0.6 is 15.9 Å². The van der Waals surface area contributed by atoms with Crippen molar-refractivity contribution >= 4 is 21.8 Å². The Hall–Kier alpha value is -0.900. The van der Waals surface area contributed by atoms with E-state index in [1.54, 1.807) is 6.20 Å². The fourth-order valence-corrected chi connectivity index (χ4v) is 1.74. The van der Waals surface area contributed by atoms with Gasteiger partial charge in [-0.2, -0.15) is 0 Å². The molecule has 2 rings (SSSR count). The van der Waals surface area contributed by atoms with E-state index in [1.165, 1.54) is 0 Å². The minimum Gasteiger partial charge on any atom is -0.358 e. The van der Waals surface area contributed by atoms with Crippen LogP contribution in [0.5, 0.6) is 0 Å². The summed E-state index contributed by atoms with van der Waals surface area (Å²) in [5, 5.41) is 0. The Bertz CT molecular complexity index is 348. The molecule has 0 N–H and O–H groups in total. The van der Waals surface area contributed by atoms with Gasteiger partial charge in [-0.05, 0) is 22.0 Å². The first-order chi connectivity index (χ1) is 6.27. The third kappa shape index (κ3) is 1.72. The molecule has 68 valence electrons. The van der Waals surface area contributed by atoms with Crippen molar-refractivity contribution in [3.63, 3.8) is 0 Å². The Balaban J connectivity index is 2.35. The first-order valence-electron chi connectivity index (χ1n) is 4.14. The molecule has 2 heterocycles. The summed E-state index contributed by atoms with van der Waals surface area (Å²) < 4.78 is 0.994. The molecule has 0 unspecified atom stereocenters. The highest BCUT2D eigenvalue weighted by atomic mass is 79.9. The van der Waals surface area contributed by atoms with Crippen LogP contribution in [0.1, 0.15) is 5.56 Å². The molecule has 0 spiro atoms. The van der Waals surface area contributed by atoms with Crippen LogP contribution in [-0.4, -0.2) is 35.9 Å². The van der Waals surface area contributed by atoms with Crippen molar-refractivity contribution < 1.29 is 0 Å². The summed E-state index contributed by atoms with van der Waals surface area (Å²) in [5.41, 5.74) is 1.08. The second-order valence-corrected chi connectivity index (χ2v) is 3.93. The fraction of sp³-hybridized carbons (Fsp3) is 0.333. The number of rotatable bonds is 1. The molecular formula is C9H10BrN3. The number of likely N-dealkylation sites (N-methyl/N-ethyl adjacent to an activating group) is 1. The Morgan fingerprint density at radius 2 is 2.31 bits per heavy atom. The lowest BCUT2D eigenvalue weighted by atomic mass is 10.2. The van der Waals surface area contributed by atoms with Gasteiger partial charge < -0.3 is 4.90 Å². The summed E-state index contributed by atoms with van der Waals surface area (Å²) in [7, 11) is 2.05. The van der Waals surface area contributed by atoms with E-state index in [1.807, 2.05) is 19.3 Å². The monoisotopic (exact) mass is 239 g/mol. The Labute approximate surface area is 85.6 Å². The number of hydrogen-bond acceptors (Lipinski definition) is 3. The zero-order valence-electron chi connectivity index (χ0n) is 7.37. The van der Waals surface area contributed by atoms with E-state index in [0.717, 1.165) is 29.0 Å². The van der Waals surface area contributed by atoms with Gasteiger partial charge in [-0.25, -0.2) is 0 Å². The Kier molecular flexibility index (Phi) is 2.31. The number of halogens is 1. The normalized spacial score (nSPS) is 16.2. The molecule has 1 aliphatic rings. The maximum atomic E-state index is 4.41. The molecule has 13 heavy (non-hydrogen) atoms. The highest BCUT2D eigenvalue weighted by molar-refractivity contribution is 9.10. The smallest absolute Gasteiger partial charge is 0.132 e. The summed E-state index contributed by atoms with van der Waals surface area (Å²) >= 11 is 3.39. The summed E-state index contributed by atoms with van der Waals surface area (Å²) in [4.78, 5) is 10.7. The highest BCUT2D eigenvalue weighted by Crippen LogP contribution is 2.13. The zero-order chi connectivity index (χ0) is 9.26. The first-order valence-corrected chi connectivity index (χ1v) is 4.93. The van der Waals surface area contributed by atoms with E-state index >= 15 is 0 Å². The number of nitrogens with zero attached hydrogens (tertiary/aromatic N) is 3. The van der Waals surface area contributed by atoms with Gasteiger partial charge in [0.05, 0.1) is 6.54 Å². The SMILES string of the molecule is CN1CCN=C1c1cncc(Br)c1. The lowest BCUT2D eigenvalue weighted by molar-refractivity contribution is 0.556. The van der Waals surface area contributed by atoms with Crippen molar-refractivity contribution in [2.45, 2.75) is 0 Å². The second kappa shape index (κ2) is 3.46. The van der Waals surface area contributed by atoms with E-state index in [4.69, 9.17) is 0 Å². The number of aromatic nitrogens is 1. The average molecular weight is 240 g/mol. The minimum atomic E-state index is 0.887. The third-order valence-electron chi connectivity index (χ3n) is 2.02. The van der Waals surface area contributed by atoms with Crippen LogP contribution in [0.4, 0.5) is 0 Å². The standard InChI is InChI=1S/C9H10BrN3/c1-13-3-2-12-9(13)7-4-8(10)6-11-5-7/h4-6H,2-3H2,1H3. The molecule has 4 heteroatoms. The molecule has 0 bridgehead atoms. The van der Waals surface area contributed by atoms with Gasteiger partial charge in [-0.15, -0.1) is 0 Å². The van der Waals surface area contributed by atoms with Gasteiger partial charge in [0.1, 0.15) is 5.84 Å². The second-order valence-electron chi connectivity index (χ2n) is 3.02. The maximum absolute atomic E-state index is 4.41. The zero-order valence-corrected chi connectivity index (χ0v) is 8.95. The van der Waals surface area contributed by atoms with Gasteiger partial charge in [0.15, 0.2) is 0 Å². The van der Waals surface area contributed by atoms with E-state index in [2.05, 4.69) is 30.8 Å². The van der Waals surface area contributed by atoms with E-state index in [9.17, 15) is 0 Å². The predicted molar refractivity (Wildman–Crippen MR) is 56.0 cm³/mol. The van der Waals surface area contributed by atoms with Gasteiger partial charge in [0.2, 0.25) is 0 Å². The molecule has 1 aromatic heterocycles. The molecule has 1 aromatic rings. The van der Waals surface area contributed by atoms with Crippen LogP contribution in [0.2, 0.25) is 0 Å². The molecule has 0 atom stereocenters. The van der Waals surface area contributed by atoms with E-state index in [-0.39, 0.29) is 0 Å². The van der Waals surface area contributed by atoms with Gasteiger partial charge in [-0.3, -0.25) is 9.98 Å². The van der Waals surface area contributed by atoms with Crippen LogP contribution < -0.4 is 0 Å². The van der Waals surface area contributed by atoms with Crippen LogP contribution in [0, 0.1) is 0 Å². The summed E-state index contributed by atoms with van der Waals surface area (Å²) in [6.07, 6.45) is 3.62. The lowest BCUT2D eigenvalue weighted by Crippen LogP contribution is -2.23. The van der Waals surface area contributed by atoms with Crippen molar-refractivity contribution in [1.29, 1.82) is 0 Å². The molecule has 3 nitrogen and oxygen atoms in total. The average Bonchev–Trinajstić information content (AvgIpc) is 2.51. The minimum absolute atomic E-state index is 0.887. The van der Waals surface area contributed by atoms with Crippen molar-refractivity contribution in [2.75, 3.05) is 20.1 Å². The molecule has 0 aromatic carbocycles. The molecule has 0 amide bonds. The van der Waals surface area contributed by atoms with E-state index in [0.29, 0.717) is 0 Å². The van der Waals surface area contributed by atoms with Crippen molar-refractivity contribution in [2.24, 2.45) is 4.99 Å². The Morgan fingerprint density at radius 1 is 1.46 bits per heavy atom. The molecular weight excluding hydrogens is 230 g/mol. The van der Waals surface area contributed by atoms with Gasteiger partial charge in [0, 0.05) is 36.0 Å². The largest absolute Gasteiger partial charge is 0.358 e. The van der Waals surface area contributed by atoms with Gasteiger partial charge in [-0.1, -0.05) is 0 Å². The van der Waals surface area contributed by atoms with Crippen LogP contribution in [0.25, 0.3) is 0 Å². The van der Waals surface area contributed by atoms with Gasteiger partial charge in [0.25, 0.3) is 0 Å². The topological polar surface area (TPSA) is 28.5 Å². The quantitative estimate of drug-likeness (QED) is 0.744. The molecule has 0 aliphatic carbocycles. The number of amidine groups is 1. The van der Waals surface area contributed by atoms with Crippen LogP contribution in [0.3, 0.4) is 0 Å². The Morgan fingerprint density at radius 3 is 2.92 bits per heavy atom. The van der Waals surface area contributed by atoms with Crippen LogP contribution in [-0.2, 0) is 0 Å². The predicted octanol–water partition coefficient (Wildman–Crippen LogP) is 1.54. The number of aliphatic imine (C=N–C) groups is 1. The summed E-state index contributed by atoms with van der Waals surface area (Å²) in [5.74, 6) is 1.04. The van der Waals surface area contributed by atoms with Crippen molar-refractivity contribution in [3.05, 3.63) is 28.5 Å². The van der Waals surface area contributed by atoms with Crippen molar-refractivity contribution in [1.82, 2.24) is 9.88 Å². The van der Waals surface area contributed by atoms with E-state index < -0.39 is 0 Å². The summed E-state index contributed by atoms with van der Waals surface area (Å²) in [6.45, 7) is 1.89. The molecule has 0 saturated heterocycles. The lowest BCUT2D eigenvalue weighted by Gasteiger charge is -2.13. The first kappa shape index (κ1) is 8.69. The number of pyridine rings is 1.